The molecule has 39 heavy (non-hydrogen) atoms. The second-order valence-electron chi connectivity index (χ2n) is 9.99. The van der Waals surface area contributed by atoms with Crippen molar-refractivity contribution in [2.24, 2.45) is 5.92 Å². The van der Waals surface area contributed by atoms with Crippen LogP contribution in [0.2, 0.25) is 0 Å². The van der Waals surface area contributed by atoms with Crippen LogP contribution in [0, 0.1) is 18.7 Å². The fourth-order valence-electron chi connectivity index (χ4n) is 4.00. The Morgan fingerprint density at radius 3 is 2.46 bits per heavy atom. The number of nitrogens with zero attached hydrogens (tertiary/aromatic N) is 4. The highest BCUT2D eigenvalue weighted by Crippen LogP contribution is 2.32. The number of halogens is 2. The average molecular weight is 529 g/mol. The van der Waals surface area contributed by atoms with E-state index in [0.29, 0.717) is 33.9 Å². The van der Waals surface area contributed by atoms with Crippen LogP contribution in [0.15, 0.2) is 61.2 Å². The van der Waals surface area contributed by atoms with Crippen molar-refractivity contribution in [1.29, 1.82) is 0 Å². The summed E-state index contributed by atoms with van der Waals surface area (Å²) >= 11 is 0. The third-order valence-corrected chi connectivity index (χ3v) is 6.36. The summed E-state index contributed by atoms with van der Waals surface area (Å²) < 4.78 is 29.2. The van der Waals surface area contributed by atoms with Crippen molar-refractivity contribution < 1.29 is 18.4 Å². The fraction of sp³-hybridized carbons (Fsp3) is 0.241. The summed E-state index contributed by atoms with van der Waals surface area (Å²) in [6.45, 7) is 4.42. The Morgan fingerprint density at radius 2 is 1.72 bits per heavy atom. The van der Waals surface area contributed by atoms with Gasteiger partial charge in [-0.3, -0.25) is 19.6 Å². The van der Waals surface area contributed by atoms with Crippen molar-refractivity contribution in [2.45, 2.75) is 39.3 Å². The standard InChI is InChI=1S/C29H26F2N6O2/c1-16-10-21(30)22(36-28(39)19-7-8-33-25(11-19)29(2,3)31)13-20(16)24-15-32-14-23(35-24)18-6-9-34-26(12-18)37-27(38)17-4-5-17/h6-15,17H,4-5H2,1-3H3,(H,36,39)(H,34,37,38). The number of nitrogens with one attached hydrogen (secondary N) is 2. The first-order valence-corrected chi connectivity index (χ1v) is 12.4. The van der Waals surface area contributed by atoms with Crippen LogP contribution in [0.25, 0.3) is 22.5 Å². The Morgan fingerprint density at radius 1 is 0.974 bits per heavy atom. The number of aryl methyl sites for hydroxylation is 1. The first-order chi connectivity index (χ1) is 18.6. The summed E-state index contributed by atoms with van der Waals surface area (Å²) in [6, 6.07) is 9.05. The second-order valence-corrected chi connectivity index (χ2v) is 9.99. The zero-order valence-electron chi connectivity index (χ0n) is 21.6. The zero-order valence-corrected chi connectivity index (χ0v) is 21.6. The largest absolute Gasteiger partial charge is 0.319 e. The van der Waals surface area contributed by atoms with Crippen molar-refractivity contribution in [3.63, 3.8) is 0 Å². The molecule has 1 saturated carbocycles. The van der Waals surface area contributed by atoms with E-state index < -0.39 is 17.4 Å². The number of pyridine rings is 2. The van der Waals surface area contributed by atoms with Crippen molar-refractivity contribution >= 4 is 23.3 Å². The molecule has 0 radical (unpaired) electrons. The summed E-state index contributed by atoms with van der Waals surface area (Å²) in [6.07, 6.45) is 7.82. The lowest BCUT2D eigenvalue weighted by atomic mass is 10.0. The molecule has 1 aliphatic rings. The lowest BCUT2D eigenvalue weighted by Crippen LogP contribution is -2.17. The van der Waals surface area contributed by atoms with Gasteiger partial charge in [-0.2, -0.15) is 0 Å². The van der Waals surface area contributed by atoms with Crippen LogP contribution >= 0.6 is 0 Å². The molecule has 0 spiro atoms. The van der Waals surface area contributed by atoms with Gasteiger partial charge in [0.15, 0.2) is 0 Å². The van der Waals surface area contributed by atoms with Crippen LogP contribution in [0.3, 0.4) is 0 Å². The minimum absolute atomic E-state index is 0.0471. The van der Waals surface area contributed by atoms with Gasteiger partial charge in [0.1, 0.15) is 17.3 Å². The molecule has 0 atom stereocenters. The van der Waals surface area contributed by atoms with Crippen LogP contribution < -0.4 is 10.6 Å². The van der Waals surface area contributed by atoms with E-state index in [4.69, 9.17) is 4.98 Å². The van der Waals surface area contributed by atoms with E-state index in [1.807, 2.05) is 0 Å². The van der Waals surface area contributed by atoms with Gasteiger partial charge in [0.2, 0.25) is 5.91 Å². The molecular weight excluding hydrogens is 502 g/mol. The summed E-state index contributed by atoms with van der Waals surface area (Å²) in [5.74, 6) is -0.804. The highest BCUT2D eigenvalue weighted by Gasteiger charge is 2.29. The van der Waals surface area contributed by atoms with Gasteiger partial charge in [-0.1, -0.05) is 0 Å². The number of hydrogen-bond donors (Lipinski definition) is 2. The van der Waals surface area contributed by atoms with E-state index in [9.17, 15) is 18.4 Å². The van der Waals surface area contributed by atoms with Gasteiger partial charge < -0.3 is 10.6 Å². The number of carbonyl (C=O) groups excluding carboxylic acids is 2. The third kappa shape index (κ3) is 5.95. The summed E-state index contributed by atoms with van der Waals surface area (Å²) in [7, 11) is 0. The van der Waals surface area contributed by atoms with Gasteiger partial charge in [-0.15, -0.1) is 0 Å². The minimum Gasteiger partial charge on any atom is -0.319 e. The Kier molecular flexibility index (Phi) is 6.86. The summed E-state index contributed by atoms with van der Waals surface area (Å²) in [5, 5.41) is 5.39. The molecular formula is C29H26F2N6O2. The Balaban J connectivity index is 1.42. The normalized spacial score (nSPS) is 13.2. The molecule has 0 saturated heterocycles. The molecule has 5 rings (SSSR count). The molecule has 2 N–H and O–H groups in total. The third-order valence-electron chi connectivity index (χ3n) is 6.36. The molecule has 0 bridgehead atoms. The first-order valence-electron chi connectivity index (χ1n) is 12.4. The highest BCUT2D eigenvalue weighted by atomic mass is 19.1. The quantitative estimate of drug-likeness (QED) is 0.311. The molecule has 8 nitrogen and oxygen atoms in total. The zero-order chi connectivity index (χ0) is 27.7. The van der Waals surface area contributed by atoms with Crippen molar-refractivity contribution in [1.82, 2.24) is 19.9 Å². The molecule has 3 aromatic heterocycles. The van der Waals surface area contributed by atoms with Gasteiger partial charge in [0.25, 0.3) is 5.91 Å². The fourth-order valence-corrected chi connectivity index (χ4v) is 4.00. The Bertz CT molecular complexity index is 1580. The Hall–Kier alpha value is -4.60. The predicted octanol–water partition coefficient (Wildman–Crippen LogP) is 5.85. The number of hydrogen-bond acceptors (Lipinski definition) is 6. The molecule has 10 heteroatoms. The van der Waals surface area contributed by atoms with Gasteiger partial charge in [0.05, 0.1) is 35.2 Å². The number of rotatable bonds is 7. The predicted molar refractivity (Wildman–Crippen MR) is 143 cm³/mol. The van der Waals surface area contributed by atoms with Crippen LogP contribution in [0.1, 0.15) is 48.3 Å². The van der Waals surface area contributed by atoms with Crippen LogP contribution in [-0.4, -0.2) is 31.8 Å². The van der Waals surface area contributed by atoms with Gasteiger partial charge in [0, 0.05) is 35.0 Å². The number of aromatic nitrogens is 4. The SMILES string of the molecule is Cc1cc(F)c(NC(=O)c2ccnc(C(C)(C)F)c2)cc1-c1cncc(-c2ccnc(NC(=O)C3CC3)c2)n1. The number of amides is 2. The van der Waals surface area contributed by atoms with E-state index in [1.54, 1.807) is 37.6 Å². The smallest absolute Gasteiger partial charge is 0.255 e. The van der Waals surface area contributed by atoms with Crippen LogP contribution in [-0.2, 0) is 10.5 Å². The average Bonchev–Trinajstić information content (AvgIpc) is 3.76. The summed E-state index contributed by atoms with van der Waals surface area (Å²) in [4.78, 5) is 42.2. The maximum Gasteiger partial charge on any atom is 0.255 e. The van der Waals surface area contributed by atoms with E-state index in [2.05, 4.69) is 25.6 Å². The van der Waals surface area contributed by atoms with Crippen molar-refractivity contribution in [2.75, 3.05) is 10.6 Å². The Labute approximate surface area is 224 Å². The lowest BCUT2D eigenvalue weighted by Gasteiger charge is -2.15. The molecule has 3 heterocycles. The van der Waals surface area contributed by atoms with Crippen LogP contribution in [0.4, 0.5) is 20.3 Å². The van der Waals surface area contributed by atoms with Crippen LogP contribution in [0.5, 0.6) is 0 Å². The molecule has 0 aliphatic heterocycles. The monoisotopic (exact) mass is 528 g/mol. The second kappa shape index (κ2) is 10.3. The van der Waals surface area contributed by atoms with E-state index in [-0.39, 0.29) is 28.8 Å². The molecule has 2 amide bonds. The van der Waals surface area contributed by atoms with Gasteiger partial charge >= 0.3 is 0 Å². The van der Waals surface area contributed by atoms with Gasteiger partial charge in [-0.25, -0.2) is 18.7 Å². The number of alkyl halides is 1. The van der Waals surface area contributed by atoms with E-state index >= 15 is 0 Å². The molecule has 1 fully saturated rings. The molecule has 198 valence electrons. The van der Waals surface area contributed by atoms with Crippen molar-refractivity contribution in [3.8, 4) is 22.5 Å². The minimum atomic E-state index is -1.74. The van der Waals surface area contributed by atoms with Crippen molar-refractivity contribution in [3.05, 3.63) is 83.8 Å². The summed E-state index contributed by atoms with van der Waals surface area (Å²) in [5.41, 5.74) is 1.31. The van der Waals surface area contributed by atoms with E-state index in [1.165, 1.54) is 44.3 Å². The maximum absolute atomic E-state index is 14.9. The molecule has 4 aromatic rings. The maximum atomic E-state index is 14.9. The number of carbonyl (C=O) groups is 2. The highest BCUT2D eigenvalue weighted by molar-refractivity contribution is 6.04. The number of benzene rings is 1. The topological polar surface area (TPSA) is 110 Å². The molecule has 1 aliphatic carbocycles. The molecule has 0 unspecified atom stereocenters. The molecule has 1 aromatic carbocycles. The lowest BCUT2D eigenvalue weighted by molar-refractivity contribution is -0.117. The number of anilines is 2. The van der Waals surface area contributed by atoms with Gasteiger partial charge in [-0.05, 0) is 75.6 Å². The van der Waals surface area contributed by atoms with E-state index in [0.717, 1.165) is 12.8 Å². The first kappa shape index (κ1) is 26.0.